The van der Waals surface area contributed by atoms with Crippen LogP contribution in [-0.4, -0.2) is 36.5 Å². The molecule has 3 rings (SSSR count). The van der Waals surface area contributed by atoms with E-state index in [1.54, 1.807) is 24.3 Å². The van der Waals surface area contributed by atoms with Gasteiger partial charge >= 0.3 is 0 Å². The van der Waals surface area contributed by atoms with Crippen LogP contribution in [0.1, 0.15) is 12.2 Å². The fraction of sp³-hybridized carbons (Fsp3) is 0.200. The minimum absolute atomic E-state index is 0.168. The minimum Gasteiger partial charge on any atom is -0.436 e. The maximum Gasteiger partial charge on any atom is 0.255 e. The van der Waals surface area contributed by atoms with Crippen molar-refractivity contribution < 1.29 is 14.2 Å². The summed E-state index contributed by atoms with van der Waals surface area (Å²) >= 11 is 5.65. The Kier molecular flexibility index (Phi) is 5.17. The Labute approximate surface area is 147 Å². The first-order valence-corrected chi connectivity index (χ1v) is 7.71. The molecule has 8 nitrogen and oxygen atoms in total. The van der Waals surface area contributed by atoms with Crippen molar-refractivity contribution >= 4 is 11.6 Å². The Bertz CT molecular complexity index is 855. The van der Waals surface area contributed by atoms with Crippen LogP contribution in [0.4, 0.5) is 4.39 Å². The second-order valence-corrected chi connectivity index (χ2v) is 5.57. The van der Waals surface area contributed by atoms with Gasteiger partial charge in [0.25, 0.3) is 5.88 Å². The molecule has 0 aliphatic carbocycles. The normalized spacial score (nSPS) is 12.2. The van der Waals surface area contributed by atoms with Crippen LogP contribution < -0.4 is 10.5 Å². The third-order valence-corrected chi connectivity index (χ3v) is 3.38. The number of pyridine rings is 1. The molecule has 0 aliphatic rings. The highest BCUT2D eigenvalue weighted by Gasteiger charge is 2.09. The van der Waals surface area contributed by atoms with Crippen LogP contribution >= 0.6 is 11.6 Å². The Morgan fingerprint density at radius 1 is 1.32 bits per heavy atom. The summed E-state index contributed by atoms with van der Waals surface area (Å²) < 4.78 is 19.1. The molecule has 1 atom stereocenters. The standard InChI is InChI=1S/C15H14ClFN6O2/c16-9-7-12(17)15(19-8-9)25-11-3-1-10(2-4-11)23-21-14(20-22-23)6-5-13(18)24/h1-4,7-8,13,24H,5-6,18H2. The lowest BCUT2D eigenvalue weighted by Crippen LogP contribution is -2.19. The Hall–Kier alpha value is -2.62. The molecule has 25 heavy (non-hydrogen) atoms. The summed E-state index contributed by atoms with van der Waals surface area (Å²) in [5.74, 6) is 0.0428. The molecule has 0 amide bonds. The van der Waals surface area contributed by atoms with Crippen molar-refractivity contribution in [3.8, 4) is 17.3 Å². The highest BCUT2D eigenvalue weighted by molar-refractivity contribution is 6.30. The predicted octanol–water partition coefficient (Wildman–Crippen LogP) is 1.85. The van der Waals surface area contributed by atoms with Gasteiger partial charge in [0, 0.05) is 12.6 Å². The zero-order valence-corrected chi connectivity index (χ0v) is 13.6. The van der Waals surface area contributed by atoms with Crippen molar-refractivity contribution in [2.75, 3.05) is 0 Å². The van der Waals surface area contributed by atoms with Crippen molar-refractivity contribution in [3.63, 3.8) is 0 Å². The first kappa shape index (κ1) is 17.2. The third-order valence-electron chi connectivity index (χ3n) is 3.17. The fourth-order valence-electron chi connectivity index (χ4n) is 1.97. The largest absolute Gasteiger partial charge is 0.436 e. The first-order chi connectivity index (χ1) is 12.0. The van der Waals surface area contributed by atoms with Crippen molar-refractivity contribution in [2.45, 2.75) is 19.1 Å². The number of hydrogen-bond acceptors (Lipinski definition) is 7. The van der Waals surface area contributed by atoms with E-state index >= 15 is 0 Å². The average molecular weight is 365 g/mol. The monoisotopic (exact) mass is 364 g/mol. The van der Waals surface area contributed by atoms with Crippen LogP contribution in [0.5, 0.6) is 11.6 Å². The summed E-state index contributed by atoms with van der Waals surface area (Å²) in [4.78, 5) is 5.13. The molecule has 1 aromatic carbocycles. The number of aliphatic hydroxyl groups excluding tert-OH is 1. The van der Waals surface area contributed by atoms with Crippen molar-refractivity contribution in [1.29, 1.82) is 0 Å². The molecule has 2 heterocycles. The van der Waals surface area contributed by atoms with E-state index < -0.39 is 12.0 Å². The summed E-state index contributed by atoms with van der Waals surface area (Å²) in [5.41, 5.74) is 5.92. The number of aryl methyl sites for hydroxylation is 1. The smallest absolute Gasteiger partial charge is 0.255 e. The first-order valence-electron chi connectivity index (χ1n) is 7.33. The number of aliphatic hydroxyl groups is 1. The van der Waals surface area contributed by atoms with Crippen LogP contribution in [0.2, 0.25) is 5.02 Å². The van der Waals surface area contributed by atoms with Crippen LogP contribution in [0.3, 0.4) is 0 Å². The molecular formula is C15H14ClFN6O2. The number of hydrogen-bond donors (Lipinski definition) is 2. The summed E-state index contributed by atoms with van der Waals surface area (Å²) in [5, 5.41) is 21.3. The molecule has 0 saturated carbocycles. The molecule has 10 heteroatoms. The number of aromatic nitrogens is 5. The van der Waals surface area contributed by atoms with Gasteiger partial charge in [-0.25, -0.2) is 9.37 Å². The molecule has 3 aromatic rings. The number of halogens is 2. The van der Waals surface area contributed by atoms with E-state index in [-0.39, 0.29) is 10.9 Å². The zero-order valence-electron chi connectivity index (χ0n) is 12.9. The molecule has 0 saturated heterocycles. The number of nitrogens with zero attached hydrogens (tertiary/aromatic N) is 5. The quantitative estimate of drug-likeness (QED) is 0.642. The number of ether oxygens (including phenoxy) is 1. The molecule has 0 spiro atoms. The van der Waals surface area contributed by atoms with E-state index in [9.17, 15) is 4.39 Å². The molecule has 130 valence electrons. The fourth-order valence-corrected chi connectivity index (χ4v) is 2.11. The van der Waals surface area contributed by atoms with Crippen molar-refractivity contribution in [3.05, 3.63) is 53.2 Å². The number of benzene rings is 1. The van der Waals surface area contributed by atoms with Gasteiger partial charge in [-0.3, -0.25) is 0 Å². The highest BCUT2D eigenvalue weighted by atomic mass is 35.5. The van der Waals surface area contributed by atoms with Gasteiger partial charge in [-0.05, 0) is 42.0 Å². The molecule has 0 bridgehead atoms. The number of rotatable bonds is 6. The van der Waals surface area contributed by atoms with Gasteiger partial charge in [0.05, 0.1) is 10.7 Å². The molecule has 0 fully saturated rings. The van der Waals surface area contributed by atoms with E-state index in [4.69, 9.17) is 27.2 Å². The van der Waals surface area contributed by atoms with Crippen molar-refractivity contribution in [2.24, 2.45) is 5.73 Å². The highest BCUT2D eigenvalue weighted by Crippen LogP contribution is 2.24. The maximum atomic E-state index is 13.7. The zero-order chi connectivity index (χ0) is 17.8. The lowest BCUT2D eigenvalue weighted by atomic mass is 10.3. The molecule has 1 unspecified atom stereocenters. The van der Waals surface area contributed by atoms with E-state index in [1.807, 2.05) is 0 Å². The summed E-state index contributed by atoms with van der Waals surface area (Å²) in [6, 6.07) is 7.74. The van der Waals surface area contributed by atoms with Gasteiger partial charge < -0.3 is 15.6 Å². The lowest BCUT2D eigenvalue weighted by molar-refractivity contribution is 0.171. The summed E-state index contributed by atoms with van der Waals surface area (Å²) in [6.07, 6.45) is 1.15. The molecule has 3 N–H and O–H groups in total. The predicted molar refractivity (Wildman–Crippen MR) is 86.9 cm³/mol. The Balaban J connectivity index is 1.69. The van der Waals surface area contributed by atoms with Gasteiger partial charge in [0.15, 0.2) is 11.6 Å². The van der Waals surface area contributed by atoms with Gasteiger partial charge in [-0.2, -0.15) is 0 Å². The van der Waals surface area contributed by atoms with Crippen LogP contribution in [0.25, 0.3) is 5.69 Å². The second-order valence-electron chi connectivity index (χ2n) is 5.14. The maximum absolute atomic E-state index is 13.7. The van der Waals surface area contributed by atoms with E-state index in [2.05, 4.69) is 20.4 Å². The third kappa shape index (κ3) is 4.47. The van der Waals surface area contributed by atoms with Crippen molar-refractivity contribution in [1.82, 2.24) is 25.2 Å². The SMILES string of the molecule is NC(O)CCc1nnn(-c2ccc(Oc3ncc(Cl)cc3F)cc2)n1. The van der Waals surface area contributed by atoms with Gasteiger partial charge in [-0.1, -0.05) is 11.6 Å². The molecule has 0 radical (unpaired) electrons. The van der Waals surface area contributed by atoms with E-state index in [1.165, 1.54) is 11.0 Å². The average Bonchev–Trinajstić information content (AvgIpc) is 3.05. The number of tetrazole rings is 1. The van der Waals surface area contributed by atoms with E-state index in [0.717, 1.165) is 6.07 Å². The topological polar surface area (TPSA) is 112 Å². The van der Waals surface area contributed by atoms with Gasteiger partial charge in [0.2, 0.25) is 0 Å². The summed E-state index contributed by atoms with van der Waals surface area (Å²) in [6.45, 7) is 0. The second kappa shape index (κ2) is 7.51. The van der Waals surface area contributed by atoms with Gasteiger partial charge in [-0.15, -0.1) is 15.0 Å². The Morgan fingerprint density at radius 3 is 2.76 bits per heavy atom. The van der Waals surface area contributed by atoms with E-state index in [0.29, 0.717) is 30.1 Å². The summed E-state index contributed by atoms with van der Waals surface area (Å²) in [7, 11) is 0. The van der Waals surface area contributed by atoms with Crippen LogP contribution in [-0.2, 0) is 6.42 Å². The van der Waals surface area contributed by atoms with Crippen LogP contribution in [0.15, 0.2) is 36.5 Å². The number of nitrogens with two attached hydrogens (primary N) is 1. The minimum atomic E-state index is -0.912. The molecule has 2 aromatic heterocycles. The molecule has 0 aliphatic heterocycles. The molecular weight excluding hydrogens is 351 g/mol. The van der Waals surface area contributed by atoms with Gasteiger partial charge in [0.1, 0.15) is 12.0 Å². The Morgan fingerprint density at radius 2 is 2.08 bits per heavy atom. The van der Waals surface area contributed by atoms with Crippen LogP contribution in [0, 0.1) is 5.82 Å². The lowest BCUT2D eigenvalue weighted by Gasteiger charge is -2.06.